The summed E-state index contributed by atoms with van der Waals surface area (Å²) in [5.41, 5.74) is 1.34. The molecule has 0 aromatic rings. The van der Waals surface area contributed by atoms with Crippen LogP contribution in [0.3, 0.4) is 0 Å². The number of hydrogen-bond acceptors (Lipinski definition) is 0. The Morgan fingerprint density at radius 2 is 1.80 bits per heavy atom. The van der Waals surface area contributed by atoms with E-state index < -0.39 is 0 Å². The van der Waals surface area contributed by atoms with E-state index in [0.717, 1.165) is 0 Å². The predicted molar refractivity (Wildman–Crippen MR) is 25.1 cm³/mol. The summed E-state index contributed by atoms with van der Waals surface area (Å²) in [6, 6.07) is 0. The van der Waals surface area contributed by atoms with Crippen LogP contribution in [0.1, 0.15) is 0 Å². The molecule has 0 spiro atoms. The maximum atomic E-state index is 5.01. The van der Waals surface area contributed by atoms with Crippen molar-refractivity contribution in [2.75, 3.05) is 0 Å². The maximum Gasteiger partial charge on any atom is 0.0726 e. The van der Waals surface area contributed by atoms with Crippen molar-refractivity contribution in [3.8, 4) is 0 Å². The van der Waals surface area contributed by atoms with Crippen LogP contribution in [0.5, 0.6) is 0 Å². The van der Waals surface area contributed by atoms with Gasteiger partial charge in [-0.15, -0.1) is 11.6 Å². The van der Waals surface area contributed by atoms with Crippen LogP contribution >= 0.6 is 23.2 Å². The molecule has 0 amide bonds. The summed E-state index contributed by atoms with van der Waals surface area (Å²) in [5, 5.41) is 0. The Morgan fingerprint density at radius 3 is 1.80 bits per heavy atom. The molecule has 0 N–H and O–H groups in total. The first-order valence-electron chi connectivity index (χ1n) is 1.10. The highest BCUT2D eigenvalue weighted by Gasteiger charge is 1.57. The molecule has 0 unspecified atom stereocenters. The van der Waals surface area contributed by atoms with Crippen LogP contribution in [-0.4, -0.2) is 0 Å². The van der Waals surface area contributed by atoms with E-state index in [1.54, 1.807) is 0 Å². The van der Waals surface area contributed by atoms with E-state index in [9.17, 15) is 0 Å². The molecule has 0 aliphatic heterocycles. The van der Waals surface area contributed by atoms with E-state index in [-0.39, 0.29) is 0 Å². The Hall–Kier alpha value is 0.320. The molecule has 0 saturated carbocycles. The van der Waals surface area contributed by atoms with Crippen molar-refractivity contribution in [2.45, 2.75) is 0 Å². The van der Waals surface area contributed by atoms with Crippen LogP contribution in [0.25, 0.3) is 0 Å². The second kappa shape index (κ2) is 4.32. The Bertz CT molecular complexity index is 31.9. The zero-order valence-electron chi connectivity index (χ0n) is 2.49. The molecule has 0 atom stereocenters. The smallest absolute Gasteiger partial charge is 0.0726 e. The molecule has 0 saturated heterocycles. The Balaban J connectivity index is 2.62. The third-order valence-corrected chi connectivity index (χ3v) is 0.436. The maximum absolute atomic E-state index is 5.01. The minimum atomic E-state index is 1.34. The number of rotatable bonds is 1. The van der Waals surface area contributed by atoms with Crippen LogP contribution in [0.15, 0.2) is 11.6 Å². The van der Waals surface area contributed by atoms with Crippen molar-refractivity contribution in [3.63, 3.8) is 0 Å². The first-order valence-corrected chi connectivity index (χ1v) is 1.98. The lowest BCUT2D eigenvalue weighted by Gasteiger charge is -1.60. The van der Waals surface area contributed by atoms with Gasteiger partial charge in [0, 0.05) is 5.54 Å². The van der Waals surface area contributed by atoms with E-state index in [2.05, 4.69) is 0 Å². The molecule has 0 aromatic heterocycles. The van der Waals surface area contributed by atoms with Crippen molar-refractivity contribution >= 4 is 23.2 Å². The fourth-order valence-electron chi connectivity index (χ4n) is 0.0275. The topological polar surface area (TPSA) is 0 Å². The fourth-order valence-corrected chi connectivity index (χ4v) is 0.247. The Morgan fingerprint density at radius 1 is 1.20 bits per heavy atom. The van der Waals surface area contributed by atoms with E-state index in [4.69, 9.17) is 23.2 Å². The van der Waals surface area contributed by atoms with Crippen LogP contribution in [0, 0.1) is 5.88 Å². The molecule has 29 valence electrons. The minimum absolute atomic E-state index is 1.34. The second-order valence-corrected chi connectivity index (χ2v) is 0.948. The normalized spacial score (nSPS) is 10.0. The van der Waals surface area contributed by atoms with E-state index in [1.807, 2.05) is 0 Å². The van der Waals surface area contributed by atoms with Gasteiger partial charge in [0.15, 0.2) is 0 Å². The molecule has 0 nitrogen and oxygen atoms in total. The van der Waals surface area contributed by atoms with E-state index in [0.29, 0.717) is 0 Å². The standard InChI is InChI=1S/C3H3Cl2/c4-2-1-3-5/h1-3H/b2-1+. The lowest BCUT2D eigenvalue weighted by molar-refractivity contribution is 2.04. The second-order valence-electron chi connectivity index (χ2n) is 0.444. The lowest BCUT2D eigenvalue weighted by Crippen LogP contribution is -1.37. The molecular formula is C3H3Cl2. The van der Waals surface area contributed by atoms with Gasteiger partial charge in [0.1, 0.15) is 0 Å². The van der Waals surface area contributed by atoms with Gasteiger partial charge in [0.05, 0.1) is 5.88 Å². The molecule has 0 rings (SSSR count). The average Bonchev–Trinajstić information content (AvgIpc) is 1.41. The van der Waals surface area contributed by atoms with Gasteiger partial charge in [-0.25, -0.2) is 0 Å². The van der Waals surface area contributed by atoms with Gasteiger partial charge in [-0.1, -0.05) is 17.7 Å². The molecule has 5 heavy (non-hydrogen) atoms. The van der Waals surface area contributed by atoms with Gasteiger partial charge in [0.2, 0.25) is 0 Å². The molecule has 0 aliphatic rings. The van der Waals surface area contributed by atoms with Crippen molar-refractivity contribution in [1.29, 1.82) is 0 Å². The molecule has 0 aromatic carbocycles. The van der Waals surface area contributed by atoms with Crippen molar-refractivity contribution < 1.29 is 0 Å². The first kappa shape index (κ1) is 5.32. The highest BCUT2D eigenvalue weighted by Crippen LogP contribution is 1.85. The van der Waals surface area contributed by atoms with Crippen molar-refractivity contribution in [2.24, 2.45) is 0 Å². The predicted octanol–water partition coefficient (Wildman–Crippen LogP) is 2.14. The molecule has 0 fully saturated rings. The van der Waals surface area contributed by atoms with Crippen LogP contribution in [-0.2, 0) is 0 Å². The summed E-state index contributed by atoms with van der Waals surface area (Å²) in [7, 11) is 0. The first-order chi connectivity index (χ1) is 2.41. The largest absolute Gasteiger partial charge is 0.116 e. The van der Waals surface area contributed by atoms with E-state index >= 15 is 0 Å². The number of allylic oxidation sites excluding steroid dienone is 1. The van der Waals surface area contributed by atoms with Gasteiger partial charge in [-0.05, 0) is 0 Å². The highest BCUT2D eigenvalue weighted by molar-refractivity contribution is 6.28. The summed E-state index contributed by atoms with van der Waals surface area (Å²) in [6.45, 7) is 0. The molecule has 1 radical (unpaired) electrons. The van der Waals surface area contributed by atoms with Crippen LogP contribution in [0.4, 0.5) is 0 Å². The fraction of sp³-hybridized carbons (Fsp3) is 0. The summed E-state index contributed by atoms with van der Waals surface area (Å²) in [4.78, 5) is 0. The molecule has 0 bridgehead atoms. The SMILES string of the molecule is Cl[CH]/C=C/Cl. The van der Waals surface area contributed by atoms with Crippen LogP contribution in [0.2, 0.25) is 0 Å². The summed E-state index contributed by atoms with van der Waals surface area (Å²) in [6.07, 6.45) is 1.53. The molecule has 2 heteroatoms. The summed E-state index contributed by atoms with van der Waals surface area (Å²) in [5.74, 6) is 1.34. The highest BCUT2D eigenvalue weighted by atomic mass is 35.5. The van der Waals surface area contributed by atoms with E-state index in [1.165, 1.54) is 17.5 Å². The van der Waals surface area contributed by atoms with Crippen molar-refractivity contribution in [1.82, 2.24) is 0 Å². The molecule has 0 aliphatic carbocycles. The minimum Gasteiger partial charge on any atom is -0.116 e. The van der Waals surface area contributed by atoms with Gasteiger partial charge in [-0.2, -0.15) is 0 Å². The number of hydrogen-bond donors (Lipinski definition) is 0. The third kappa shape index (κ3) is 4.32. The third-order valence-electron chi connectivity index (χ3n) is 0.145. The lowest BCUT2D eigenvalue weighted by atomic mass is 10.8. The van der Waals surface area contributed by atoms with Gasteiger partial charge >= 0.3 is 0 Å². The number of halogens is 2. The zero-order chi connectivity index (χ0) is 4.12. The molecule has 0 heterocycles. The zero-order valence-corrected chi connectivity index (χ0v) is 4.00. The van der Waals surface area contributed by atoms with Crippen molar-refractivity contribution in [3.05, 3.63) is 17.5 Å². The Kier molecular flexibility index (Phi) is 4.60. The van der Waals surface area contributed by atoms with Crippen LogP contribution < -0.4 is 0 Å². The molecular weight excluding hydrogens is 107 g/mol. The van der Waals surface area contributed by atoms with Gasteiger partial charge in [0.25, 0.3) is 0 Å². The Labute approximate surface area is 41.4 Å². The van der Waals surface area contributed by atoms with Gasteiger partial charge in [-0.3, -0.25) is 0 Å². The summed E-state index contributed by atoms with van der Waals surface area (Å²) < 4.78 is 0. The monoisotopic (exact) mass is 109 g/mol. The summed E-state index contributed by atoms with van der Waals surface area (Å²) >= 11 is 10.0. The quantitative estimate of drug-likeness (QED) is 0.485. The van der Waals surface area contributed by atoms with Gasteiger partial charge < -0.3 is 0 Å². The average molecular weight is 110 g/mol.